The summed E-state index contributed by atoms with van der Waals surface area (Å²) in [5.41, 5.74) is 0. The lowest BCUT2D eigenvalue weighted by atomic mass is 10.0. The molecule has 0 saturated carbocycles. The van der Waals surface area contributed by atoms with E-state index in [2.05, 4.69) is 19.2 Å². The number of aliphatic hydroxyl groups is 1. The maximum Gasteiger partial charge on any atom is 0.472 e. The second kappa shape index (κ2) is 40.6. The monoisotopic (exact) mass is 830 g/mol. The molecule has 0 fully saturated rings. The molecule has 9 heteroatoms. The number of allylic oxidation sites excluding steroid dienone is 1. The van der Waals surface area contributed by atoms with Gasteiger partial charge in [0.25, 0.3) is 0 Å². The summed E-state index contributed by atoms with van der Waals surface area (Å²) in [5.74, 6) is -0.175. The molecule has 0 aliphatic carbocycles. The lowest BCUT2D eigenvalue weighted by Crippen LogP contribution is -2.45. The van der Waals surface area contributed by atoms with Gasteiger partial charge in [-0.15, -0.1) is 0 Å². The van der Waals surface area contributed by atoms with Crippen LogP contribution in [0.3, 0.4) is 0 Å². The molecule has 0 rings (SSSR count). The van der Waals surface area contributed by atoms with E-state index in [1.165, 1.54) is 180 Å². The van der Waals surface area contributed by atoms with Gasteiger partial charge < -0.3 is 19.8 Å². The van der Waals surface area contributed by atoms with E-state index < -0.39 is 20.0 Å². The van der Waals surface area contributed by atoms with E-state index in [9.17, 15) is 19.4 Å². The number of phosphoric acid groups is 1. The van der Waals surface area contributed by atoms with Crippen molar-refractivity contribution in [1.82, 2.24) is 5.32 Å². The highest BCUT2D eigenvalue weighted by molar-refractivity contribution is 7.47. The van der Waals surface area contributed by atoms with Crippen LogP contribution in [-0.4, -0.2) is 73.4 Å². The first kappa shape index (κ1) is 56.2. The molecular formula is C48H98N2O6P+. The van der Waals surface area contributed by atoms with Crippen LogP contribution >= 0.6 is 7.82 Å². The first-order valence-corrected chi connectivity index (χ1v) is 26.1. The molecule has 0 aromatic carbocycles. The summed E-state index contributed by atoms with van der Waals surface area (Å²) in [5, 5.41) is 13.8. The van der Waals surface area contributed by atoms with Gasteiger partial charge in [-0.2, -0.15) is 0 Å². The van der Waals surface area contributed by atoms with Crippen molar-refractivity contribution in [2.24, 2.45) is 0 Å². The van der Waals surface area contributed by atoms with Crippen LogP contribution in [0.5, 0.6) is 0 Å². The van der Waals surface area contributed by atoms with Gasteiger partial charge in [-0.3, -0.25) is 13.8 Å². The first-order valence-electron chi connectivity index (χ1n) is 24.6. The van der Waals surface area contributed by atoms with Gasteiger partial charge in [0, 0.05) is 6.42 Å². The normalized spacial score (nSPS) is 14.3. The van der Waals surface area contributed by atoms with Gasteiger partial charge in [0.1, 0.15) is 13.2 Å². The third kappa shape index (κ3) is 43.1. The van der Waals surface area contributed by atoms with Crippen LogP contribution in [-0.2, 0) is 18.4 Å². The minimum atomic E-state index is -4.33. The Morgan fingerprint density at radius 2 is 0.930 bits per heavy atom. The number of likely N-dealkylation sites (N-methyl/N-ethyl adjacent to an activating group) is 1. The molecule has 0 bridgehead atoms. The highest BCUT2D eigenvalue weighted by Crippen LogP contribution is 2.43. The zero-order valence-electron chi connectivity index (χ0n) is 38.6. The van der Waals surface area contributed by atoms with E-state index in [-0.39, 0.29) is 19.1 Å². The van der Waals surface area contributed by atoms with E-state index in [1.54, 1.807) is 6.08 Å². The van der Waals surface area contributed by atoms with Gasteiger partial charge in [-0.1, -0.05) is 225 Å². The second-order valence-corrected chi connectivity index (χ2v) is 19.7. The number of unbranched alkanes of at least 4 members (excludes halogenated alkanes) is 32. The van der Waals surface area contributed by atoms with Gasteiger partial charge in [-0.25, -0.2) is 4.57 Å². The number of nitrogens with zero attached hydrogens (tertiary/aromatic N) is 1. The van der Waals surface area contributed by atoms with Gasteiger partial charge in [-0.05, 0) is 19.3 Å². The van der Waals surface area contributed by atoms with Crippen molar-refractivity contribution in [2.75, 3.05) is 40.9 Å². The van der Waals surface area contributed by atoms with Crippen molar-refractivity contribution in [1.29, 1.82) is 0 Å². The van der Waals surface area contributed by atoms with Crippen LogP contribution in [0.15, 0.2) is 12.2 Å². The molecule has 0 aliphatic heterocycles. The summed E-state index contributed by atoms with van der Waals surface area (Å²) in [6, 6.07) is -0.839. The Hall–Kier alpha value is -0.760. The van der Waals surface area contributed by atoms with Gasteiger partial charge in [0.2, 0.25) is 5.91 Å². The maximum atomic E-state index is 12.9. The van der Waals surface area contributed by atoms with Crippen molar-refractivity contribution >= 4 is 13.7 Å². The highest BCUT2D eigenvalue weighted by atomic mass is 31.2. The van der Waals surface area contributed by atoms with Crippen LogP contribution < -0.4 is 5.32 Å². The van der Waals surface area contributed by atoms with Crippen LogP contribution in [0.4, 0.5) is 0 Å². The standard InChI is InChI=1S/C48H97N2O6P/c1-6-8-10-12-14-16-17-18-19-20-21-22-23-24-25-26-27-28-29-30-31-32-34-36-38-40-42-48(52)49-46(45-56-57(53,54)55-44-43-50(3,4)5)47(51)41-39-37-35-33-15-13-11-9-7-2/h39,41,46-47,51H,6-38,40,42-45H2,1-5H3,(H-,49,52,53,54)/p+1/b41-39+. The largest absolute Gasteiger partial charge is 0.472 e. The fraction of sp³-hybridized carbons (Fsp3) is 0.938. The predicted octanol–water partition coefficient (Wildman–Crippen LogP) is 13.9. The van der Waals surface area contributed by atoms with Crippen molar-refractivity contribution in [3.8, 4) is 0 Å². The summed E-state index contributed by atoms with van der Waals surface area (Å²) in [6.07, 6.45) is 47.4. The molecule has 0 radical (unpaired) electrons. The number of nitrogens with one attached hydrogen (secondary N) is 1. The maximum absolute atomic E-state index is 12.9. The third-order valence-electron chi connectivity index (χ3n) is 11.3. The minimum Gasteiger partial charge on any atom is -0.387 e. The van der Waals surface area contributed by atoms with Gasteiger partial charge in [0.05, 0.1) is 39.9 Å². The summed E-state index contributed by atoms with van der Waals surface area (Å²) in [4.78, 5) is 23.1. The lowest BCUT2D eigenvalue weighted by molar-refractivity contribution is -0.870. The summed E-state index contributed by atoms with van der Waals surface area (Å²) >= 11 is 0. The van der Waals surface area contributed by atoms with Gasteiger partial charge in [0.15, 0.2) is 0 Å². The Morgan fingerprint density at radius 1 is 0.579 bits per heavy atom. The highest BCUT2D eigenvalue weighted by Gasteiger charge is 2.27. The van der Waals surface area contributed by atoms with Crippen molar-refractivity contribution in [3.63, 3.8) is 0 Å². The van der Waals surface area contributed by atoms with Crippen LogP contribution in [0.1, 0.15) is 239 Å². The number of hydrogen-bond donors (Lipinski definition) is 3. The average molecular weight is 830 g/mol. The molecule has 0 aromatic rings. The molecule has 0 aromatic heterocycles. The number of rotatable bonds is 45. The Balaban J connectivity index is 4.05. The van der Waals surface area contributed by atoms with Crippen LogP contribution in [0.25, 0.3) is 0 Å². The van der Waals surface area contributed by atoms with E-state index in [4.69, 9.17) is 9.05 Å². The number of carbonyl (C=O) groups is 1. The van der Waals surface area contributed by atoms with Crippen LogP contribution in [0, 0.1) is 0 Å². The zero-order valence-corrected chi connectivity index (χ0v) is 39.5. The predicted molar refractivity (Wildman–Crippen MR) is 245 cm³/mol. The molecule has 1 amide bonds. The SMILES string of the molecule is CCCCCCCCC/C=C/C(O)C(COP(=O)(O)OCC[N+](C)(C)C)NC(=O)CCCCCCCCCCCCCCCCCCCCCCCCCCCC. The minimum absolute atomic E-state index is 0.0643. The third-order valence-corrected chi connectivity index (χ3v) is 12.2. The van der Waals surface area contributed by atoms with Crippen molar-refractivity contribution in [3.05, 3.63) is 12.2 Å². The topological polar surface area (TPSA) is 105 Å². The van der Waals surface area contributed by atoms with E-state index in [0.29, 0.717) is 17.4 Å². The fourth-order valence-corrected chi connectivity index (χ4v) is 8.07. The summed E-state index contributed by atoms with van der Waals surface area (Å²) < 4.78 is 23.5. The number of phosphoric ester groups is 1. The van der Waals surface area contributed by atoms with Crippen molar-refractivity contribution in [2.45, 2.75) is 251 Å². The number of carbonyl (C=O) groups excluding carboxylic acids is 1. The zero-order chi connectivity index (χ0) is 42.1. The molecule has 3 N–H and O–H groups in total. The molecule has 57 heavy (non-hydrogen) atoms. The average Bonchev–Trinajstić information content (AvgIpc) is 3.16. The molecule has 340 valence electrons. The number of amides is 1. The Labute approximate surface area is 354 Å². The first-order chi connectivity index (χ1) is 27.5. The Morgan fingerprint density at radius 3 is 1.30 bits per heavy atom. The quantitative estimate of drug-likeness (QED) is 0.0244. The second-order valence-electron chi connectivity index (χ2n) is 18.2. The molecule has 0 spiro atoms. The molecule has 0 heterocycles. The van der Waals surface area contributed by atoms with Crippen molar-refractivity contribution < 1.29 is 32.9 Å². The fourth-order valence-electron chi connectivity index (χ4n) is 7.34. The summed E-state index contributed by atoms with van der Waals surface area (Å²) in [7, 11) is 1.58. The number of aliphatic hydroxyl groups excluding tert-OH is 1. The van der Waals surface area contributed by atoms with E-state index >= 15 is 0 Å². The smallest absolute Gasteiger partial charge is 0.387 e. The lowest BCUT2D eigenvalue weighted by Gasteiger charge is -2.25. The van der Waals surface area contributed by atoms with E-state index in [0.717, 1.165) is 38.5 Å². The molecular weight excluding hydrogens is 732 g/mol. The molecule has 0 aliphatic rings. The van der Waals surface area contributed by atoms with Crippen LogP contribution in [0.2, 0.25) is 0 Å². The number of hydrogen-bond acceptors (Lipinski definition) is 5. The number of quaternary nitrogens is 1. The molecule has 3 unspecified atom stereocenters. The van der Waals surface area contributed by atoms with Gasteiger partial charge >= 0.3 is 7.82 Å². The molecule has 8 nitrogen and oxygen atoms in total. The molecule has 3 atom stereocenters. The van der Waals surface area contributed by atoms with E-state index in [1.807, 2.05) is 27.2 Å². The Bertz CT molecular complexity index is 942. The molecule has 0 saturated heterocycles. The summed E-state index contributed by atoms with van der Waals surface area (Å²) in [6.45, 7) is 4.81. The Kier molecular flexibility index (Phi) is 40.1.